The molecule has 0 radical (unpaired) electrons. The summed E-state index contributed by atoms with van der Waals surface area (Å²) < 4.78 is 12.6. The number of anilines is 1. The van der Waals surface area contributed by atoms with E-state index in [0.717, 1.165) is 42.8 Å². The van der Waals surface area contributed by atoms with Crippen molar-refractivity contribution in [2.45, 2.75) is 31.5 Å². The van der Waals surface area contributed by atoms with E-state index in [0.29, 0.717) is 12.4 Å². The first-order chi connectivity index (χ1) is 16.1. The van der Waals surface area contributed by atoms with Crippen LogP contribution in [0.1, 0.15) is 36.1 Å². The number of hydrogen-bond donors (Lipinski definition) is 2. The molecule has 1 amide bonds. The van der Waals surface area contributed by atoms with Gasteiger partial charge in [0.2, 0.25) is 0 Å². The minimum Gasteiger partial charge on any atom is -0.508 e. The summed E-state index contributed by atoms with van der Waals surface area (Å²) in [6.45, 7) is 2.38. The standard InChI is InChI=1S/C25H30N4O4/c1-32-21-8-9-22(30)19(16-21)17-28-14-11-20(12-15-28)29-23(10-13-26-29)27-25(31)24(33-2)18-6-4-3-5-7-18/h3-10,13,16,20,24,30H,11-12,14-15,17H2,1-2H3,(H,27,31)/t24-/m0/s1. The molecule has 1 aromatic heterocycles. The van der Waals surface area contributed by atoms with Crippen molar-refractivity contribution in [2.75, 3.05) is 32.6 Å². The van der Waals surface area contributed by atoms with Crippen molar-refractivity contribution < 1.29 is 19.4 Å². The largest absolute Gasteiger partial charge is 0.508 e. The highest BCUT2D eigenvalue weighted by Gasteiger charge is 2.26. The highest BCUT2D eigenvalue weighted by atomic mass is 16.5. The molecule has 174 valence electrons. The molecule has 0 spiro atoms. The highest BCUT2D eigenvalue weighted by Crippen LogP contribution is 2.29. The SMILES string of the molecule is COc1ccc(O)c(CN2CCC(n3nccc3NC(=O)[C@@H](OC)c3ccccc3)CC2)c1. The van der Waals surface area contributed by atoms with Crippen LogP contribution in [0.4, 0.5) is 5.82 Å². The fraction of sp³-hybridized carbons (Fsp3) is 0.360. The summed E-state index contributed by atoms with van der Waals surface area (Å²) in [4.78, 5) is 15.2. The van der Waals surface area contributed by atoms with Gasteiger partial charge in [-0.3, -0.25) is 9.69 Å². The molecule has 1 aliphatic heterocycles. The van der Waals surface area contributed by atoms with E-state index >= 15 is 0 Å². The fourth-order valence-corrected chi connectivity index (χ4v) is 4.30. The maximum atomic E-state index is 12.9. The topological polar surface area (TPSA) is 88.9 Å². The van der Waals surface area contributed by atoms with Gasteiger partial charge < -0.3 is 19.9 Å². The zero-order chi connectivity index (χ0) is 23.2. The molecule has 2 N–H and O–H groups in total. The van der Waals surface area contributed by atoms with Gasteiger partial charge in [0, 0.05) is 38.4 Å². The number of hydrogen-bond acceptors (Lipinski definition) is 6. The summed E-state index contributed by atoms with van der Waals surface area (Å²) >= 11 is 0. The average Bonchev–Trinajstić information content (AvgIpc) is 3.30. The minimum absolute atomic E-state index is 0.183. The Labute approximate surface area is 193 Å². The first-order valence-electron chi connectivity index (χ1n) is 11.1. The number of phenolic OH excluding ortho intramolecular Hbond substituents is 1. The number of nitrogens with zero attached hydrogens (tertiary/aromatic N) is 3. The number of carbonyl (C=O) groups is 1. The molecule has 8 heteroatoms. The fourth-order valence-electron chi connectivity index (χ4n) is 4.30. The molecule has 0 saturated carbocycles. The number of aromatic nitrogens is 2. The van der Waals surface area contributed by atoms with Gasteiger partial charge in [0.1, 0.15) is 17.3 Å². The molecule has 1 atom stereocenters. The Bertz CT molecular complexity index is 1060. The van der Waals surface area contributed by atoms with E-state index in [-0.39, 0.29) is 17.7 Å². The van der Waals surface area contributed by atoms with Gasteiger partial charge in [-0.25, -0.2) is 4.68 Å². The Morgan fingerprint density at radius 1 is 1.15 bits per heavy atom. The first kappa shape index (κ1) is 22.8. The van der Waals surface area contributed by atoms with Crippen LogP contribution in [0.2, 0.25) is 0 Å². The van der Waals surface area contributed by atoms with Crippen LogP contribution >= 0.6 is 0 Å². The Morgan fingerprint density at radius 3 is 2.61 bits per heavy atom. The van der Waals surface area contributed by atoms with Crippen molar-refractivity contribution in [1.82, 2.24) is 14.7 Å². The van der Waals surface area contributed by atoms with Crippen LogP contribution in [0.5, 0.6) is 11.5 Å². The van der Waals surface area contributed by atoms with Gasteiger partial charge >= 0.3 is 0 Å². The lowest BCUT2D eigenvalue weighted by Gasteiger charge is -2.33. The summed E-state index contributed by atoms with van der Waals surface area (Å²) in [5, 5.41) is 17.7. The summed E-state index contributed by atoms with van der Waals surface area (Å²) in [5.74, 6) is 1.46. The van der Waals surface area contributed by atoms with E-state index in [9.17, 15) is 9.90 Å². The second-order valence-corrected chi connectivity index (χ2v) is 8.18. The van der Waals surface area contributed by atoms with Crippen molar-refractivity contribution in [2.24, 2.45) is 0 Å². The number of aromatic hydroxyl groups is 1. The van der Waals surface area contributed by atoms with Crippen molar-refractivity contribution in [3.63, 3.8) is 0 Å². The molecule has 1 aliphatic rings. The molecule has 2 aromatic carbocycles. The third-order valence-electron chi connectivity index (χ3n) is 6.08. The number of amides is 1. The van der Waals surface area contributed by atoms with Gasteiger partial charge in [-0.05, 0) is 36.6 Å². The van der Waals surface area contributed by atoms with Crippen LogP contribution in [0, 0.1) is 0 Å². The molecule has 3 aromatic rings. The third-order valence-corrected chi connectivity index (χ3v) is 6.08. The quantitative estimate of drug-likeness (QED) is 0.543. The van der Waals surface area contributed by atoms with Crippen LogP contribution in [-0.4, -0.2) is 53.0 Å². The number of benzene rings is 2. The second kappa shape index (κ2) is 10.5. The van der Waals surface area contributed by atoms with Crippen molar-refractivity contribution >= 4 is 11.7 Å². The molecule has 2 heterocycles. The second-order valence-electron chi connectivity index (χ2n) is 8.18. The predicted octanol–water partition coefficient (Wildman–Crippen LogP) is 3.76. The molecule has 4 rings (SSSR count). The Morgan fingerprint density at radius 2 is 1.91 bits per heavy atom. The minimum atomic E-state index is -0.688. The maximum absolute atomic E-state index is 12.9. The number of ether oxygens (including phenoxy) is 2. The molecule has 8 nitrogen and oxygen atoms in total. The number of rotatable bonds is 8. The van der Waals surface area contributed by atoms with Crippen LogP contribution < -0.4 is 10.1 Å². The molecule has 1 fully saturated rings. The zero-order valence-corrected chi connectivity index (χ0v) is 19.0. The maximum Gasteiger partial charge on any atom is 0.259 e. The van der Waals surface area contributed by atoms with Crippen LogP contribution in [0.3, 0.4) is 0 Å². The van der Waals surface area contributed by atoms with Gasteiger partial charge in [0.15, 0.2) is 6.10 Å². The van der Waals surface area contributed by atoms with Crippen molar-refractivity contribution in [3.8, 4) is 11.5 Å². The van der Waals surface area contributed by atoms with Gasteiger partial charge in [-0.2, -0.15) is 5.10 Å². The van der Waals surface area contributed by atoms with Gasteiger partial charge in [0.25, 0.3) is 5.91 Å². The van der Waals surface area contributed by atoms with Crippen LogP contribution in [0.25, 0.3) is 0 Å². The summed E-state index contributed by atoms with van der Waals surface area (Å²) in [7, 11) is 3.15. The van der Waals surface area contributed by atoms with Crippen molar-refractivity contribution in [1.29, 1.82) is 0 Å². The number of methoxy groups -OCH3 is 2. The van der Waals surface area contributed by atoms with E-state index in [1.165, 1.54) is 7.11 Å². The third kappa shape index (κ3) is 5.35. The lowest BCUT2D eigenvalue weighted by atomic mass is 10.0. The normalized spacial score (nSPS) is 15.8. The molecule has 1 saturated heterocycles. The summed E-state index contributed by atoms with van der Waals surface area (Å²) in [6, 6.07) is 16.7. The predicted molar refractivity (Wildman–Crippen MR) is 125 cm³/mol. The lowest BCUT2D eigenvalue weighted by Crippen LogP contribution is -2.35. The van der Waals surface area contributed by atoms with E-state index in [2.05, 4.69) is 15.3 Å². The monoisotopic (exact) mass is 450 g/mol. The molecule has 0 aliphatic carbocycles. The zero-order valence-electron chi connectivity index (χ0n) is 19.0. The van der Waals surface area contributed by atoms with Gasteiger partial charge in [0.05, 0.1) is 19.3 Å². The number of phenols is 1. The van der Waals surface area contributed by atoms with Crippen LogP contribution in [0.15, 0.2) is 60.8 Å². The van der Waals surface area contributed by atoms with Crippen molar-refractivity contribution in [3.05, 3.63) is 71.9 Å². The number of piperidine rings is 1. The van der Waals surface area contributed by atoms with E-state index in [1.54, 1.807) is 25.4 Å². The average molecular weight is 451 g/mol. The first-order valence-corrected chi connectivity index (χ1v) is 11.1. The molecule has 0 unspecified atom stereocenters. The number of carbonyl (C=O) groups excluding carboxylic acids is 1. The number of likely N-dealkylation sites (tertiary alicyclic amines) is 1. The van der Waals surface area contributed by atoms with Gasteiger partial charge in [-0.15, -0.1) is 0 Å². The van der Waals surface area contributed by atoms with Crippen LogP contribution in [-0.2, 0) is 16.1 Å². The molecular weight excluding hydrogens is 420 g/mol. The van der Waals surface area contributed by atoms with Gasteiger partial charge in [-0.1, -0.05) is 30.3 Å². The molecular formula is C25H30N4O4. The molecule has 0 bridgehead atoms. The molecule has 33 heavy (non-hydrogen) atoms. The summed E-state index contributed by atoms with van der Waals surface area (Å²) in [5.41, 5.74) is 1.66. The Hall–Kier alpha value is -3.36. The smallest absolute Gasteiger partial charge is 0.259 e. The number of nitrogens with one attached hydrogen (secondary N) is 1. The summed E-state index contributed by atoms with van der Waals surface area (Å²) in [6.07, 6.45) is 2.80. The lowest BCUT2D eigenvalue weighted by molar-refractivity contribution is -0.126. The Balaban J connectivity index is 1.37. The van der Waals surface area contributed by atoms with E-state index in [4.69, 9.17) is 9.47 Å². The highest BCUT2D eigenvalue weighted by molar-refractivity contribution is 5.94. The van der Waals surface area contributed by atoms with E-state index < -0.39 is 6.10 Å². The van der Waals surface area contributed by atoms with E-state index in [1.807, 2.05) is 47.1 Å². The Kier molecular flexibility index (Phi) is 7.26.